The third kappa shape index (κ3) is 7.92. The Morgan fingerprint density at radius 2 is 1.76 bits per heavy atom. The first-order chi connectivity index (χ1) is 17.5. The van der Waals surface area contributed by atoms with E-state index < -0.39 is 34.3 Å². The molecule has 1 aliphatic carbocycles. The Kier molecular flexibility index (Phi) is 9.95. The van der Waals surface area contributed by atoms with Crippen LogP contribution >= 0.6 is 11.6 Å². The van der Waals surface area contributed by atoms with Crippen LogP contribution in [0.5, 0.6) is 0 Å². The van der Waals surface area contributed by atoms with Gasteiger partial charge in [-0.3, -0.25) is 13.9 Å². The van der Waals surface area contributed by atoms with E-state index >= 15 is 0 Å². The van der Waals surface area contributed by atoms with E-state index in [9.17, 15) is 22.4 Å². The van der Waals surface area contributed by atoms with Gasteiger partial charge in [-0.25, -0.2) is 12.8 Å². The molecule has 0 saturated heterocycles. The summed E-state index contributed by atoms with van der Waals surface area (Å²) < 4.78 is 39.9. The van der Waals surface area contributed by atoms with Crippen LogP contribution < -0.4 is 9.62 Å². The average molecular weight is 552 g/mol. The summed E-state index contributed by atoms with van der Waals surface area (Å²) in [5.74, 6) is -1.23. The van der Waals surface area contributed by atoms with Gasteiger partial charge >= 0.3 is 0 Å². The van der Waals surface area contributed by atoms with Crippen molar-refractivity contribution in [2.24, 2.45) is 0 Å². The van der Waals surface area contributed by atoms with Gasteiger partial charge in [-0.05, 0) is 61.6 Å². The lowest BCUT2D eigenvalue weighted by Gasteiger charge is -2.34. The molecule has 0 aliphatic heterocycles. The molecule has 10 heteroatoms. The molecular weight excluding hydrogens is 517 g/mol. The number of carbonyl (C=O) groups excluding carboxylic acids is 2. The molecule has 3 rings (SSSR count). The van der Waals surface area contributed by atoms with Gasteiger partial charge in [0.15, 0.2) is 0 Å². The van der Waals surface area contributed by atoms with Gasteiger partial charge in [-0.15, -0.1) is 0 Å². The molecule has 1 atom stereocenters. The maximum Gasteiger partial charge on any atom is 0.244 e. The molecule has 1 aliphatic rings. The van der Waals surface area contributed by atoms with Crippen molar-refractivity contribution in [1.82, 2.24) is 10.2 Å². The first-order valence-corrected chi connectivity index (χ1v) is 14.8. The topological polar surface area (TPSA) is 86.8 Å². The van der Waals surface area contributed by atoms with E-state index in [1.54, 1.807) is 31.2 Å². The summed E-state index contributed by atoms with van der Waals surface area (Å²) in [4.78, 5) is 28.5. The number of sulfonamides is 1. The second kappa shape index (κ2) is 12.7. The predicted octanol–water partition coefficient (Wildman–Crippen LogP) is 4.81. The highest BCUT2D eigenvalue weighted by atomic mass is 35.5. The Morgan fingerprint density at radius 1 is 1.11 bits per heavy atom. The van der Waals surface area contributed by atoms with Crippen LogP contribution in [0.3, 0.4) is 0 Å². The summed E-state index contributed by atoms with van der Waals surface area (Å²) in [6.45, 7) is 3.13. The van der Waals surface area contributed by atoms with Crippen LogP contribution in [-0.4, -0.2) is 50.0 Å². The fraction of sp³-hybridized carbons (Fsp3) is 0.481. The Hall–Kier alpha value is -2.65. The third-order valence-electron chi connectivity index (χ3n) is 6.73. The molecule has 1 saturated carbocycles. The van der Waals surface area contributed by atoms with Crippen molar-refractivity contribution in [2.75, 3.05) is 17.1 Å². The van der Waals surface area contributed by atoms with Gasteiger partial charge in [0.25, 0.3) is 0 Å². The monoisotopic (exact) mass is 551 g/mol. The van der Waals surface area contributed by atoms with E-state index in [1.807, 2.05) is 6.92 Å². The molecule has 0 aromatic heterocycles. The number of hydrogen-bond acceptors (Lipinski definition) is 4. The number of amides is 2. The number of nitrogens with zero attached hydrogens (tertiary/aromatic N) is 2. The fourth-order valence-electron chi connectivity index (χ4n) is 4.60. The van der Waals surface area contributed by atoms with Crippen molar-refractivity contribution >= 4 is 39.1 Å². The van der Waals surface area contributed by atoms with Gasteiger partial charge in [-0.1, -0.05) is 56.0 Å². The number of nitrogens with one attached hydrogen (secondary N) is 1. The van der Waals surface area contributed by atoms with Gasteiger partial charge in [-0.2, -0.15) is 0 Å². The quantitative estimate of drug-likeness (QED) is 0.459. The van der Waals surface area contributed by atoms with Crippen LogP contribution in [0.15, 0.2) is 42.5 Å². The third-order valence-corrected chi connectivity index (χ3v) is 8.27. The highest BCUT2D eigenvalue weighted by Gasteiger charge is 2.33. The molecule has 2 aromatic carbocycles. The second-order valence-electron chi connectivity index (χ2n) is 9.62. The van der Waals surface area contributed by atoms with Crippen molar-refractivity contribution in [3.63, 3.8) is 0 Å². The standard InChI is InChI=1S/C27H35ClFN3O4S/c1-4-25(27(34)30-22-8-6-5-7-9-22)31(17-20-11-13-21(29)14-12-20)26(33)18-32(37(3,35)36)23-15-10-19(2)24(28)16-23/h10-16,22,25H,4-9,17-18H2,1-3H3,(H,30,34)/t25-/m1/s1. The summed E-state index contributed by atoms with van der Waals surface area (Å²) >= 11 is 6.23. The molecule has 0 spiro atoms. The molecular formula is C27H35ClFN3O4S. The number of hydrogen-bond donors (Lipinski definition) is 1. The maximum absolute atomic E-state index is 13.7. The normalized spacial score (nSPS) is 15.2. The van der Waals surface area contributed by atoms with Crippen molar-refractivity contribution in [3.8, 4) is 0 Å². The zero-order chi connectivity index (χ0) is 27.2. The van der Waals surface area contributed by atoms with Crippen molar-refractivity contribution in [1.29, 1.82) is 0 Å². The largest absolute Gasteiger partial charge is 0.352 e. The zero-order valence-electron chi connectivity index (χ0n) is 21.5. The van der Waals surface area contributed by atoms with Gasteiger partial charge in [0, 0.05) is 17.6 Å². The van der Waals surface area contributed by atoms with E-state index in [0.717, 1.165) is 48.2 Å². The Labute approximate surface area is 224 Å². The summed E-state index contributed by atoms with van der Waals surface area (Å²) in [7, 11) is -3.85. The minimum absolute atomic E-state index is 0.0297. The molecule has 1 fully saturated rings. The number of anilines is 1. The summed E-state index contributed by atoms with van der Waals surface area (Å²) in [5, 5.41) is 3.46. The smallest absolute Gasteiger partial charge is 0.244 e. The maximum atomic E-state index is 13.7. The van der Waals surface area contributed by atoms with Crippen LogP contribution in [-0.2, 0) is 26.2 Å². The number of carbonyl (C=O) groups is 2. The lowest BCUT2D eigenvalue weighted by molar-refractivity contribution is -0.140. The minimum Gasteiger partial charge on any atom is -0.352 e. The molecule has 7 nitrogen and oxygen atoms in total. The molecule has 202 valence electrons. The van der Waals surface area contributed by atoms with E-state index in [4.69, 9.17) is 11.6 Å². The Morgan fingerprint density at radius 3 is 2.32 bits per heavy atom. The Bertz CT molecular complexity index is 1200. The van der Waals surface area contributed by atoms with E-state index in [2.05, 4.69) is 5.32 Å². The van der Waals surface area contributed by atoms with Gasteiger partial charge in [0.2, 0.25) is 21.8 Å². The molecule has 0 bridgehead atoms. The van der Waals surface area contributed by atoms with Gasteiger partial charge in [0.05, 0.1) is 11.9 Å². The number of halogens is 2. The molecule has 2 amide bonds. The number of benzene rings is 2. The molecule has 0 radical (unpaired) electrons. The van der Waals surface area contributed by atoms with Crippen LogP contribution in [0, 0.1) is 12.7 Å². The highest BCUT2D eigenvalue weighted by molar-refractivity contribution is 7.92. The van der Waals surface area contributed by atoms with E-state index in [0.29, 0.717) is 17.0 Å². The number of aryl methyl sites for hydroxylation is 1. The van der Waals surface area contributed by atoms with E-state index in [1.165, 1.54) is 23.1 Å². The average Bonchev–Trinajstić information content (AvgIpc) is 2.85. The van der Waals surface area contributed by atoms with Crippen molar-refractivity contribution in [3.05, 3.63) is 64.4 Å². The minimum atomic E-state index is -3.85. The highest BCUT2D eigenvalue weighted by Crippen LogP contribution is 2.26. The summed E-state index contributed by atoms with van der Waals surface area (Å²) in [6.07, 6.45) is 6.37. The molecule has 0 unspecified atom stereocenters. The summed E-state index contributed by atoms with van der Waals surface area (Å²) in [6, 6.07) is 9.70. The molecule has 2 aromatic rings. The van der Waals surface area contributed by atoms with Crippen LogP contribution in [0.2, 0.25) is 5.02 Å². The number of rotatable bonds is 10. The SMILES string of the molecule is CC[C@H](C(=O)NC1CCCCC1)N(Cc1ccc(F)cc1)C(=O)CN(c1ccc(C)c(Cl)c1)S(C)(=O)=O. The summed E-state index contributed by atoms with van der Waals surface area (Å²) in [5.41, 5.74) is 1.66. The fourth-order valence-corrected chi connectivity index (χ4v) is 5.62. The van der Waals surface area contributed by atoms with Crippen molar-refractivity contribution in [2.45, 2.75) is 71.0 Å². The van der Waals surface area contributed by atoms with Gasteiger partial charge < -0.3 is 10.2 Å². The molecule has 1 N–H and O–H groups in total. The predicted molar refractivity (Wildman–Crippen MR) is 144 cm³/mol. The van der Waals surface area contributed by atoms with E-state index in [-0.39, 0.29) is 24.2 Å². The van der Waals surface area contributed by atoms with Crippen LogP contribution in [0.4, 0.5) is 10.1 Å². The van der Waals surface area contributed by atoms with Crippen LogP contribution in [0.25, 0.3) is 0 Å². The zero-order valence-corrected chi connectivity index (χ0v) is 23.1. The Balaban J connectivity index is 1.92. The molecule has 0 heterocycles. The first-order valence-electron chi connectivity index (χ1n) is 12.6. The first kappa shape index (κ1) is 28.9. The lowest BCUT2D eigenvalue weighted by Crippen LogP contribution is -2.53. The molecule has 37 heavy (non-hydrogen) atoms. The van der Waals surface area contributed by atoms with Gasteiger partial charge in [0.1, 0.15) is 18.4 Å². The van der Waals surface area contributed by atoms with Crippen LogP contribution in [0.1, 0.15) is 56.6 Å². The lowest BCUT2D eigenvalue weighted by atomic mass is 9.95. The second-order valence-corrected chi connectivity index (χ2v) is 11.9. The van der Waals surface area contributed by atoms with Crippen molar-refractivity contribution < 1.29 is 22.4 Å².